The number of rotatable bonds is 10. The molecule has 210 valence electrons. The van der Waals surface area contributed by atoms with Gasteiger partial charge in [0.05, 0.1) is 45.2 Å². The molecule has 0 unspecified atom stereocenters. The van der Waals surface area contributed by atoms with E-state index in [1.807, 2.05) is 20.8 Å². The predicted molar refractivity (Wildman–Crippen MR) is 147 cm³/mol. The van der Waals surface area contributed by atoms with Gasteiger partial charge in [0, 0.05) is 37.3 Å². The molecule has 2 fully saturated rings. The molecular formula is C30H38N2O7. The van der Waals surface area contributed by atoms with Gasteiger partial charge in [0.15, 0.2) is 11.5 Å². The molecule has 1 N–H and O–H groups in total. The number of likely N-dealkylation sites (tertiary alicyclic amines) is 1. The highest BCUT2D eigenvalue weighted by Crippen LogP contribution is 2.45. The fourth-order valence-electron chi connectivity index (χ4n) is 5.19. The molecule has 2 aliphatic heterocycles. The summed E-state index contributed by atoms with van der Waals surface area (Å²) in [5, 5.41) is 11.5. The summed E-state index contributed by atoms with van der Waals surface area (Å²) in [5.41, 5.74) is 1.83. The minimum absolute atomic E-state index is 0.00791. The van der Waals surface area contributed by atoms with E-state index in [-0.39, 0.29) is 17.4 Å². The van der Waals surface area contributed by atoms with Crippen LogP contribution in [-0.2, 0) is 14.3 Å². The molecule has 0 aliphatic carbocycles. The van der Waals surface area contributed by atoms with Crippen LogP contribution in [0, 0.1) is 6.92 Å². The Kier molecular flexibility index (Phi) is 9.14. The number of aliphatic hydroxyl groups excluding tert-OH is 1. The van der Waals surface area contributed by atoms with Crippen molar-refractivity contribution in [1.29, 1.82) is 0 Å². The van der Waals surface area contributed by atoms with Crippen molar-refractivity contribution in [3.63, 3.8) is 0 Å². The number of morpholine rings is 1. The summed E-state index contributed by atoms with van der Waals surface area (Å²) < 4.78 is 22.5. The summed E-state index contributed by atoms with van der Waals surface area (Å²) in [6.07, 6.45) is 0.655. The van der Waals surface area contributed by atoms with E-state index in [9.17, 15) is 14.7 Å². The zero-order chi connectivity index (χ0) is 28.1. The van der Waals surface area contributed by atoms with E-state index in [2.05, 4.69) is 4.90 Å². The van der Waals surface area contributed by atoms with Crippen LogP contribution in [0.3, 0.4) is 0 Å². The number of methoxy groups -OCH3 is 2. The molecule has 0 radical (unpaired) electrons. The van der Waals surface area contributed by atoms with Gasteiger partial charge in [-0.15, -0.1) is 0 Å². The molecule has 0 spiro atoms. The summed E-state index contributed by atoms with van der Waals surface area (Å²) in [4.78, 5) is 30.7. The normalized spacial score (nSPS) is 19.5. The maximum Gasteiger partial charge on any atom is 0.295 e. The van der Waals surface area contributed by atoms with Crippen LogP contribution in [0.25, 0.3) is 5.76 Å². The first-order valence-electron chi connectivity index (χ1n) is 13.3. The van der Waals surface area contributed by atoms with E-state index in [0.717, 1.165) is 25.2 Å². The summed E-state index contributed by atoms with van der Waals surface area (Å²) in [6, 6.07) is 9.72. The quantitative estimate of drug-likeness (QED) is 0.276. The summed E-state index contributed by atoms with van der Waals surface area (Å²) in [6.45, 7) is 9.91. The third kappa shape index (κ3) is 6.04. The first-order valence-corrected chi connectivity index (χ1v) is 13.3. The fourth-order valence-corrected chi connectivity index (χ4v) is 5.19. The number of nitrogens with zero attached hydrogens (tertiary/aromatic N) is 2. The fraction of sp³-hybridized carbons (Fsp3) is 0.467. The van der Waals surface area contributed by atoms with Crippen LogP contribution in [0.4, 0.5) is 0 Å². The summed E-state index contributed by atoms with van der Waals surface area (Å²) in [7, 11) is 3.05. The second-order valence-electron chi connectivity index (χ2n) is 10.0. The lowest BCUT2D eigenvalue weighted by molar-refractivity contribution is -0.140. The number of amides is 1. The van der Waals surface area contributed by atoms with Gasteiger partial charge >= 0.3 is 0 Å². The molecule has 2 heterocycles. The van der Waals surface area contributed by atoms with Gasteiger partial charge in [0.2, 0.25) is 0 Å². The third-order valence-electron chi connectivity index (χ3n) is 7.06. The molecular weight excluding hydrogens is 500 g/mol. The smallest absolute Gasteiger partial charge is 0.295 e. The van der Waals surface area contributed by atoms with Gasteiger partial charge in [0.25, 0.3) is 11.7 Å². The topological polar surface area (TPSA) is 97.8 Å². The van der Waals surface area contributed by atoms with Gasteiger partial charge < -0.3 is 29.0 Å². The Balaban J connectivity index is 1.76. The number of benzene rings is 2. The lowest BCUT2D eigenvalue weighted by Gasteiger charge is -2.30. The molecule has 1 amide bonds. The zero-order valence-corrected chi connectivity index (χ0v) is 23.4. The van der Waals surface area contributed by atoms with Crippen molar-refractivity contribution in [3.8, 4) is 17.2 Å². The second-order valence-corrected chi connectivity index (χ2v) is 10.0. The molecule has 2 aliphatic rings. The largest absolute Gasteiger partial charge is 0.507 e. The van der Waals surface area contributed by atoms with Crippen molar-refractivity contribution in [3.05, 3.63) is 58.7 Å². The van der Waals surface area contributed by atoms with Crippen molar-refractivity contribution in [2.75, 3.05) is 53.6 Å². The van der Waals surface area contributed by atoms with E-state index in [1.165, 1.54) is 19.1 Å². The number of aryl methyl sites for hydroxylation is 1. The Bertz CT molecular complexity index is 1230. The van der Waals surface area contributed by atoms with Crippen LogP contribution in [0.5, 0.6) is 17.2 Å². The van der Waals surface area contributed by atoms with Crippen LogP contribution < -0.4 is 14.2 Å². The first kappa shape index (κ1) is 28.4. The minimum atomic E-state index is -0.841. The molecule has 0 saturated carbocycles. The van der Waals surface area contributed by atoms with Gasteiger partial charge in [0.1, 0.15) is 11.5 Å². The highest BCUT2D eigenvalue weighted by molar-refractivity contribution is 6.46. The SMILES string of the molecule is COc1cccc([C@H]2C(=C(O)c3ccc(OC(C)C)c(C)c3)C(=O)C(=O)N2CCCN2CCOCC2)c1OC. The van der Waals surface area contributed by atoms with Gasteiger partial charge in [-0.3, -0.25) is 14.5 Å². The monoisotopic (exact) mass is 538 g/mol. The molecule has 0 bridgehead atoms. The van der Waals surface area contributed by atoms with Crippen LogP contribution in [-0.4, -0.2) is 86.3 Å². The van der Waals surface area contributed by atoms with E-state index in [4.69, 9.17) is 18.9 Å². The number of carbonyl (C=O) groups is 2. The number of carbonyl (C=O) groups excluding carboxylic acids is 2. The molecule has 2 saturated heterocycles. The van der Waals surface area contributed by atoms with Crippen molar-refractivity contribution in [2.45, 2.75) is 39.3 Å². The van der Waals surface area contributed by atoms with Crippen LogP contribution >= 0.6 is 0 Å². The number of hydrogen-bond acceptors (Lipinski definition) is 8. The predicted octanol–water partition coefficient (Wildman–Crippen LogP) is 3.94. The standard InChI is InChI=1S/C30H38N2O7/c1-19(2)39-23-11-10-21(18-20(23)3)27(33)25-26(22-8-6-9-24(36-4)29(22)37-5)32(30(35)28(25)34)13-7-12-31-14-16-38-17-15-31/h6,8-11,18-19,26,33H,7,12-17H2,1-5H3/t26-/m0/s1. The molecule has 2 aromatic carbocycles. The maximum atomic E-state index is 13.5. The molecule has 0 aromatic heterocycles. The maximum absolute atomic E-state index is 13.5. The summed E-state index contributed by atoms with van der Waals surface area (Å²) >= 11 is 0. The van der Waals surface area contributed by atoms with Gasteiger partial charge in [-0.2, -0.15) is 0 Å². The van der Waals surface area contributed by atoms with E-state index in [0.29, 0.717) is 54.6 Å². The van der Waals surface area contributed by atoms with E-state index in [1.54, 1.807) is 36.4 Å². The number of para-hydroxylation sites is 1. The molecule has 9 nitrogen and oxygen atoms in total. The number of Topliss-reactive ketones (excluding diaryl/α,β-unsaturated/α-hetero) is 1. The number of ketones is 1. The third-order valence-corrected chi connectivity index (χ3v) is 7.06. The Labute approximate surface area is 229 Å². The molecule has 1 atom stereocenters. The Morgan fingerprint density at radius 1 is 1.05 bits per heavy atom. The highest BCUT2D eigenvalue weighted by Gasteiger charge is 2.47. The van der Waals surface area contributed by atoms with Crippen molar-refractivity contribution in [2.24, 2.45) is 0 Å². The summed E-state index contributed by atoms with van der Waals surface area (Å²) in [5.74, 6) is -0.0409. The van der Waals surface area contributed by atoms with E-state index >= 15 is 0 Å². The van der Waals surface area contributed by atoms with Gasteiger partial charge in [-0.1, -0.05) is 12.1 Å². The number of aliphatic hydroxyl groups is 1. The molecule has 4 rings (SSSR count). The molecule has 2 aromatic rings. The van der Waals surface area contributed by atoms with Crippen molar-refractivity contribution >= 4 is 17.4 Å². The zero-order valence-electron chi connectivity index (χ0n) is 23.4. The van der Waals surface area contributed by atoms with E-state index < -0.39 is 17.7 Å². The number of ether oxygens (including phenoxy) is 4. The van der Waals surface area contributed by atoms with Crippen LogP contribution in [0.15, 0.2) is 42.0 Å². The average molecular weight is 539 g/mol. The Morgan fingerprint density at radius 3 is 2.44 bits per heavy atom. The number of hydrogen-bond donors (Lipinski definition) is 1. The first-order chi connectivity index (χ1) is 18.8. The van der Waals surface area contributed by atoms with Crippen LogP contribution in [0.1, 0.15) is 43.0 Å². The Morgan fingerprint density at radius 2 is 1.79 bits per heavy atom. The Hall–Kier alpha value is -3.56. The van der Waals surface area contributed by atoms with Crippen LogP contribution in [0.2, 0.25) is 0 Å². The molecule has 39 heavy (non-hydrogen) atoms. The second kappa shape index (κ2) is 12.5. The van der Waals surface area contributed by atoms with Gasteiger partial charge in [-0.05, 0) is 57.0 Å². The lowest BCUT2D eigenvalue weighted by Crippen LogP contribution is -2.39. The lowest BCUT2D eigenvalue weighted by atomic mass is 9.93. The van der Waals surface area contributed by atoms with Crippen molar-refractivity contribution < 1.29 is 33.6 Å². The van der Waals surface area contributed by atoms with Gasteiger partial charge in [-0.25, -0.2) is 0 Å². The molecule has 9 heteroatoms. The minimum Gasteiger partial charge on any atom is -0.507 e. The average Bonchev–Trinajstić information content (AvgIpc) is 3.18. The van der Waals surface area contributed by atoms with Crippen molar-refractivity contribution in [1.82, 2.24) is 9.80 Å². The highest BCUT2D eigenvalue weighted by atomic mass is 16.5.